The number of allylic oxidation sites excluding steroid dienone is 1. The van der Waals surface area contributed by atoms with Crippen LogP contribution in [0.3, 0.4) is 0 Å². The van der Waals surface area contributed by atoms with Gasteiger partial charge in [0.25, 0.3) is 11.8 Å². The fourth-order valence-electron chi connectivity index (χ4n) is 2.52. The third kappa shape index (κ3) is 7.76. The molecule has 9 nitrogen and oxygen atoms in total. The zero-order valence-corrected chi connectivity index (χ0v) is 14.9. The maximum atomic E-state index is 11.6. The minimum Gasteiger partial charge on any atom is -0.459 e. The van der Waals surface area contributed by atoms with Crippen LogP contribution in [0.25, 0.3) is 0 Å². The molecule has 0 radical (unpaired) electrons. The van der Waals surface area contributed by atoms with Crippen LogP contribution in [0.5, 0.6) is 0 Å². The van der Waals surface area contributed by atoms with Gasteiger partial charge in [-0.05, 0) is 44.2 Å². The summed E-state index contributed by atoms with van der Waals surface area (Å²) in [6.07, 6.45) is 8.78. The Morgan fingerprint density at radius 2 is 2.00 bits per heavy atom. The molecule has 0 atom stereocenters. The SMILES string of the molecule is O=C(COC(=O)CNC(=O)c1ccco1)NC(=O)NCCC1=CCCCC1. The van der Waals surface area contributed by atoms with Gasteiger partial charge in [-0.3, -0.25) is 19.7 Å². The number of rotatable bonds is 8. The first kappa shape index (κ1) is 20.2. The normalized spacial score (nSPS) is 13.3. The average molecular weight is 377 g/mol. The first-order valence-electron chi connectivity index (χ1n) is 8.77. The highest BCUT2D eigenvalue weighted by Crippen LogP contribution is 2.19. The predicted molar refractivity (Wildman–Crippen MR) is 94.7 cm³/mol. The van der Waals surface area contributed by atoms with E-state index >= 15 is 0 Å². The summed E-state index contributed by atoms with van der Waals surface area (Å²) in [4.78, 5) is 46.3. The molecule has 0 saturated heterocycles. The van der Waals surface area contributed by atoms with E-state index in [9.17, 15) is 19.2 Å². The molecule has 0 fully saturated rings. The minimum atomic E-state index is -0.810. The first-order chi connectivity index (χ1) is 13.0. The van der Waals surface area contributed by atoms with Crippen LogP contribution in [0, 0.1) is 0 Å². The maximum absolute atomic E-state index is 11.6. The lowest BCUT2D eigenvalue weighted by Gasteiger charge is -2.13. The minimum absolute atomic E-state index is 0.0567. The van der Waals surface area contributed by atoms with Crippen molar-refractivity contribution in [3.8, 4) is 0 Å². The molecule has 1 aliphatic rings. The Morgan fingerprint density at radius 3 is 2.70 bits per heavy atom. The highest BCUT2D eigenvalue weighted by molar-refractivity contribution is 5.96. The van der Waals surface area contributed by atoms with Crippen LogP contribution in [0.4, 0.5) is 4.79 Å². The molecule has 0 aromatic carbocycles. The average Bonchev–Trinajstić information content (AvgIpc) is 3.20. The third-order valence-electron chi connectivity index (χ3n) is 3.87. The molecule has 0 saturated carbocycles. The molecule has 27 heavy (non-hydrogen) atoms. The number of urea groups is 1. The second-order valence-corrected chi connectivity index (χ2v) is 5.98. The Hall–Kier alpha value is -3.10. The van der Waals surface area contributed by atoms with Crippen molar-refractivity contribution >= 4 is 23.8 Å². The van der Waals surface area contributed by atoms with Gasteiger partial charge in [0.05, 0.1) is 6.26 Å². The molecule has 1 aliphatic carbocycles. The molecule has 9 heteroatoms. The highest BCUT2D eigenvalue weighted by Gasteiger charge is 2.13. The third-order valence-corrected chi connectivity index (χ3v) is 3.87. The Kier molecular flexibility index (Phi) is 8.08. The Balaban J connectivity index is 1.55. The maximum Gasteiger partial charge on any atom is 0.325 e. The highest BCUT2D eigenvalue weighted by atomic mass is 16.5. The molecule has 4 amide bonds. The standard InChI is InChI=1S/C18H23N3O6/c22-15(21-18(25)19-9-8-13-5-2-1-3-6-13)12-27-16(23)11-20-17(24)14-7-4-10-26-14/h4-5,7,10H,1-3,6,8-9,11-12H2,(H,20,24)(H2,19,21,22,25). The van der Waals surface area contributed by atoms with E-state index in [4.69, 9.17) is 4.42 Å². The largest absolute Gasteiger partial charge is 0.459 e. The van der Waals surface area contributed by atoms with E-state index in [0.717, 1.165) is 19.3 Å². The summed E-state index contributed by atoms with van der Waals surface area (Å²) >= 11 is 0. The van der Waals surface area contributed by atoms with Crippen LogP contribution < -0.4 is 16.0 Å². The van der Waals surface area contributed by atoms with Gasteiger partial charge in [-0.1, -0.05) is 11.6 Å². The number of esters is 1. The topological polar surface area (TPSA) is 127 Å². The van der Waals surface area contributed by atoms with Crippen LogP contribution >= 0.6 is 0 Å². The van der Waals surface area contributed by atoms with Gasteiger partial charge in [-0.15, -0.1) is 0 Å². The molecule has 0 aliphatic heterocycles. The molecule has 1 aromatic rings. The first-order valence-corrected chi connectivity index (χ1v) is 8.77. The summed E-state index contributed by atoms with van der Waals surface area (Å²) in [5.41, 5.74) is 1.32. The molecule has 1 heterocycles. The van der Waals surface area contributed by atoms with Gasteiger partial charge in [0.1, 0.15) is 6.54 Å². The number of ether oxygens (including phenoxy) is 1. The Bertz CT molecular complexity index is 696. The van der Waals surface area contributed by atoms with Crippen molar-refractivity contribution < 1.29 is 28.3 Å². The fraction of sp³-hybridized carbons (Fsp3) is 0.444. The lowest BCUT2D eigenvalue weighted by molar-refractivity contribution is -0.147. The zero-order chi connectivity index (χ0) is 19.5. The summed E-state index contributed by atoms with van der Waals surface area (Å²) in [6.45, 7) is -0.605. The molecule has 146 valence electrons. The summed E-state index contributed by atoms with van der Waals surface area (Å²) < 4.78 is 9.55. The molecular weight excluding hydrogens is 354 g/mol. The molecule has 0 bridgehead atoms. The van der Waals surface area contributed by atoms with E-state index in [1.165, 1.54) is 36.8 Å². The summed E-state index contributed by atoms with van der Waals surface area (Å²) in [5.74, 6) is -2.08. The van der Waals surface area contributed by atoms with Gasteiger partial charge in [0, 0.05) is 6.54 Å². The number of hydrogen-bond acceptors (Lipinski definition) is 6. The van der Waals surface area contributed by atoms with Crippen molar-refractivity contribution in [1.82, 2.24) is 16.0 Å². The lowest BCUT2D eigenvalue weighted by Crippen LogP contribution is -2.42. The molecular formula is C18H23N3O6. The van der Waals surface area contributed by atoms with Crippen molar-refractivity contribution in [2.24, 2.45) is 0 Å². The van der Waals surface area contributed by atoms with Crippen LogP contribution in [-0.2, 0) is 14.3 Å². The van der Waals surface area contributed by atoms with Crippen molar-refractivity contribution in [2.45, 2.75) is 32.1 Å². The summed E-state index contributed by atoms with van der Waals surface area (Å²) in [6, 6.07) is 2.34. The number of hydrogen-bond donors (Lipinski definition) is 3. The number of carbonyl (C=O) groups is 4. The van der Waals surface area contributed by atoms with Gasteiger partial charge in [-0.25, -0.2) is 4.79 Å². The van der Waals surface area contributed by atoms with Gasteiger partial charge in [-0.2, -0.15) is 0 Å². The van der Waals surface area contributed by atoms with E-state index in [-0.39, 0.29) is 5.76 Å². The number of imide groups is 1. The van der Waals surface area contributed by atoms with Gasteiger partial charge < -0.3 is 19.8 Å². The molecule has 3 N–H and O–H groups in total. The van der Waals surface area contributed by atoms with Crippen molar-refractivity contribution in [2.75, 3.05) is 19.7 Å². The lowest BCUT2D eigenvalue weighted by atomic mass is 9.97. The molecule has 2 rings (SSSR count). The van der Waals surface area contributed by atoms with E-state index in [0.29, 0.717) is 6.54 Å². The summed E-state index contributed by atoms with van der Waals surface area (Å²) in [7, 11) is 0. The van der Waals surface area contributed by atoms with E-state index in [1.54, 1.807) is 0 Å². The summed E-state index contributed by atoms with van der Waals surface area (Å²) in [5, 5.41) is 6.94. The second kappa shape index (κ2) is 10.8. The number of amides is 4. The van der Waals surface area contributed by atoms with Crippen LogP contribution in [0.2, 0.25) is 0 Å². The fourth-order valence-corrected chi connectivity index (χ4v) is 2.52. The van der Waals surface area contributed by atoms with Crippen LogP contribution in [0.1, 0.15) is 42.7 Å². The quantitative estimate of drug-likeness (QED) is 0.462. The van der Waals surface area contributed by atoms with Crippen molar-refractivity contribution in [1.29, 1.82) is 0 Å². The van der Waals surface area contributed by atoms with Crippen molar-refractivity contribution in [3.05, 3.63) is 35.8 Å². The smallest absolute Gasteiger partial charge is 0.325 e. The van der Waals surface area contributed by atoms with Crippen LogP contribution in [0.15, 0.2) is 34.5 Å². The van der Waals surface area contributed by atoms with E-state index < -0.39 is 37.0 Å². The Labute approximate surface area is 156 Å². The monoisotopic (exact) mass is 377 g/mol. The van der Waals surface area contributed by atoms with E-state index in [2.05, 4.69) is 26.8 Å². The molecule has 0 spiro atoms. The molecule has 0 unspecified atom stereocenters. The van der Waals surface area contributed by atoms with Gasteiger partial charge >= 0.3 is 12.0 Å². The predicted octanol–water partition coefficient (Wildman–Crippen LogP) is 1.27. The number of carbonyl (C=O) groups excluding carboxylic acids is 4. The van der Waals surface area contributed by atoms with Gasteiger partial charge in [0.2, 0.25) is 0 Å². The van der Waals surface area contributed by atoms with Crippen LogP contribution in [-0.4, -0.2) is 43.5 Å². The Morgan fingerprint density at radius 1 is 1.15 bits per heavy atom. The zero-order valence-electron chi connectivity index (χ0n) is 14.9. The second-order valence-electron chi connectivity index (χ2n) is 5.98. The van der Waals surface area contributed by atoms with Gasteiger partial charge in [0.15, 0.2) is 12.4 Å². The number of furan rings is 1. The number of nitrogens with one attached hydrogen (secondary N) is 3. The molecule has 1 aromatic heterocycles. The van der Waals surface area contributed by atoms with E-state index in [1.807, 2.05) is 0 Å². The van der Waals surface area contributed by atoms with Crippen molar-refractivity contribution in [3.63, 3.8) is 0 Å².